The van der Waals surface area contributed by atoms with Crippen molar-refractivity contribution in [2.75, 3.05) is 5.32 Å². The molecule has 4 nitrogen and oxygen atoms in total. The number of amides is 1. The number of hydrogen-bond acceptors (Lipinski definition) is 4. The largest absolute Gasteiger partial charge is 0.545 e. The SMILES string of the molecule is O=C([O-])/C=C/C(=O)Nc1ccc(SC(F)(F)C(F)(F)C(F)(F)F)cc1. The van der Waals surface area contributed by atoms with E-state index >= 15 is 0 Å². The Morgan fingerprint density at radius 3 is 1.92 bits per heavy atom. The van der Waals surface area contributed by atoms with E-state index in [-0.39, 0.29) is 5.69 Å². The van der Waals surface area contributed by atoms with Gasteiger partial charge in [0.05, 0.1) is 5.97 Å². The molecular formula is C13H7F7NO3S-. The van der Waals surface area contributed by atoms with Crippen LogP contribution < -0.4 is 10.4 Å². The molecule has 1 rings (SSSR count). The molecule has 0 radical (unpaired) electrons. The molecule has 0 saturated carbocycles. The molecule has 0 aliphatic carbocycles. The average molecular weight is 390 g/mol. The van der Waals surface area contributed by atoms with Crippen LogP contribution in [-0.4, -0.2) is 29.2 Å². The van der Waals surface area contributed by atoms with E-state index in [4.69, 9.17) is 0 Å². The second-order valence-corrected chi connectivity index (χ2v) is 5.55. The molecule has 0 saturated heterocycles. The van der Waals surface area contributed by atoms with Gasteiger partial charge < -0.3 is 15.2 Å². The molecule has 1 amide bonds. The fourth-order valence-electron chi connectivity index (χ4n) is 1.31. The third-order valence-electron chi connectivity index (χ3n) is 2.46. The van der Waals surface area contributed by atoms with Gasteiger partial charge in [-0.3, -0.25) is 4.79 Å². The van der Waals surface area contributed by atoms with Gasteiger partial charge in [0.25, 0.3) is 0 Å². The maximum atomic E-state index is 13.2. The minimum absolute atomic E-state index is 0.0387. The summed E-state index contributed by atoms with van der Waals surface area (Å²) in [4.78, 5) is 20.7. The Bertz CT molecular complexity index is 671. The van der Waals surface area contributed by atoms with Crippen molar-refractivity contribution >= 4 is 29.3 Å². The lowest BCUT2D eigenvalue weighted by Gasteiger charge is -2.27. The third kappa shape index (κ3) is 5.37. The van der Waals surface area contributed by atoms with Gasteiger partial charge in [0, 0.05) is 16.7 Å². The smallest absolute Gasteiger partial charge is 0.460 e. The summed E-state index contributed by atoms with van der Waals surface area (Å²) in [5.41, 5.74) is -0.0387. The van der Waals surface area contributed by atoms with Gasteiger partial charge in [0.15, 0.2) is 0 Å². The number of carboxylic acids is 1. The van der Waals surface area contributed by atoms with Gasteiger partial charge in [-0.15, -0.1) is 0 Å². The molecular weight excluding hydrogens is 383 g/mol. The molecule has 0 aliphatic heterocycles. The van der Waals surface area contributed by atoms with E-state index in [1.807, 2.05) is 0 Å². The van der Waals surface area contributed by atoms with Crippen LogP contribution in [0.1, 0.15) is 0 Å². The highest BCUT2D eigenvalue weighted by atomic mass is 32.2. The highest BCUT2D eigenvalue weighted by molar-refractivity contribution is 8.00. The molecule has 1 aromatic rings. The van der Waals surface area contributed by atoms with Gasteiger partial charge in [-0.1, -0.05) is 0 Å². The number of alkyl halides is 7. The van der Waals surface area contributed by atoms with Crippen molar-refractivity contribution < 1.29 is 45.4 Å². The van der Waals surface area contributed by atoms with Gasteiger partial charge in [-0.05, 0) is 42.1 Å². The zero-order valence-electron chi connectivity index (χ0n) is 11.7. The molecule has 12 heteroatoms. The molecule has 0 bridgehead atoms. The Hall–Kier alpha value is -2.24. The summed E-state index contributed by atoms with van der Waals surface area (Å²) in [7, 11) is 0. The Morgan fingerprint density at radius 1 is 0.960 bits per heavy atom. The molecule has 138 valence electrons. The van der Waals surface area contributed by atoms with Crippen LogP contribution in [0.5, 0.6) is 0 Å². The van der Waals surface area contributed by atoms with Crippen LogP contribution in [0.3, 0.4) is 0 Å². The summed E-state index contributed by atoms with van der Waals surface area (Å²) < 4.78 is 88.1. The fourth-order valence-corrected chi connectivity index (χ4v) is 2.12. The summed E-state index contributed by atoms with van der Waals surface area (Å²) in [6.45, 7) is 0. The molecule has 0 aliphatic rings. The van der Waals surface area contributed by atoms with Crippen molar-refractivity contribution in [3.63, 3.8) is 0 Å². The van der Waals surface area contributed by atoms with Crippen LogP contribution in [0.15, 0.2) is 41.3 Å². The lowest BCUT2D eigenvalue weighted by atomic mass is 10.3. The first-order valence-electron chi connectivity index (χ1n) is 6.08. The molecule has 1 N–H and O–H groups in total. The first-order chi connectivity index (χ1) is 11.3. The van der Waals surface area contributed by atoms with Crippen molar-refractivity contribution in [1.82, 2.24) is 0 Å². The highest BCUT2D eigenvalue weighted by Crippen LogP contribution is 2.53. The number of carboxylic acid groups (broad SMARTS) is 1. The second-order valence-electron chi connectivity index (χ2n) is 4.36. The maximum Gasteiger partial charge on any atom is 0.460 e. The summed E-state index contributed by atoms with van der Waals surface area (Å²) in [5.74, 6) is -8.80. The molecule has 0 unspecified atom stereocenters. The van der Waals surface area contributed by atoms with Gasteiger partial charge in [-0.25, -0.2) is 0 Å². The lowest BCUT2D eigenvalue weighted by molar-refractivity contribution is -0.330. The number of hydrogen-bond donors (Lipinski definition) is 1. The van der Waals surface area contributed by atoms with E-state index in [2.05, 4.69) is 5.32 Å². The molecule has 1 aromatic carbocycles. The van der Waals surface area contributed by atoms with E-state index < -0.39 is 45.9 Å². The van der Waals surface area contributed by atoms with Crippen LogP contribution >= 0.6 is 11.8 Å². The zero-order chi connectivity index (χ0) is 19.5. The normalized spacial score (nSPS) is 13.1. The van der Waals surface area contributed by atoms with E-state index in [1.54, 1.807) is 0 Å². The van der Waals surface area contributed by atoms with Gasteiger partial charge >= 0.3 is 17.4 Å². The Morgan fingerprint density at radius 2 is 1.48 bits per heavy atom. The molecule has 0 spiro atoms. The predicted octanol–water partition coefficient (Wildman–Crippen LogP) is 2.81. The quantitative estimate of drug-likeness (QED) is 0.461. The van der Waals surface area contributed by atoms with Crippen molar-refractivity contribution in [2.45, 2.75) is 22.2 Å². The standard InChI is InChI=1S/C13H8F7NO3S/c14-11(15,12(16,17)18)13(19,20)25-8-3-1-7(2-4-8)21-9(22)5-6-10(23)24/h1-6H,(H,21,22)(H,23,24)/p-1/b6-5+. The van der Waals surface area contributed by atoms with Gasteiger partial charge in [0.1, 0.15) is 0 Å². The number of rotatable bonds is 6. The van der Waals surface area contributed by atoms with E-state index in [1.165, 1.54) is 0 Å². The summed E-state index contributed by atoms with van der Waals surface area (Å²) in [6, 6.07) is 3.47. The number of halogens is 7. The third-order valence-corrected chi connectivity index (χ3v) is 3.48. The Kier molecular flexibility index (Phi) is 6.10. The topological polar surface area (TPSA) is 69.2 Å². The molecule has 0 atom stereocenters. The number of nitrogens with one attached hydrogen (secondary N) is 1. The maximum absolute atomic E-state index is 13.2. The number of benzene rings is 1. The van der Waals surface area contributed by atoms with Gasteiger partial charge in [-0.2, -0.15) is 30.7 Å². The second kappa shape index (κ2) is 7.33. The van der Waals surface area contributed by atoms with Crippen LogP contribution in [-0.2, 0) is 9.59 Å². The predicted molar refractivity (Wildman–Crippen MR) is 71.0 cm³/mol. The lowest BCUT2D eigenvalue weighted by Crippen LogP contribution is -2.49. The number of thioether (sulfide) groups is 1. The van der Waals surface area contributed by atoms with Gasteiger partial charge in [0.2, 0.25) is 5.91 Å². The van der Waals surface area contributed by atoms with Crippen molar-refractivity contribution in [2.24, 2.45) is 0 Å². The number of anilines is 1. The fraction of sp³-hybridized carbons (Fsp3) is 0.231. The summed E-state index contributed by atoms with van der Waals surface area (Å²) in [6.07, 6.45) is -5.42. The highest BCUT2D eigenvalue weighted by Gasteiger charge is 2.73. The molecule has 0 aromatic heterocycles. The first-order valence-corrected chi connectivity index (χ1v) is 6.89. The van der Waals surface area contributed by atoms with Crippen molar-refractivity contribution in [3.05, 3.63) is 36.4 Å². The van der Waals surface area contributed by atoms with Crippen molar-refractivity contribution in [3.8, 4) is 0 Å². The van der Waals surface area contributed by atoms with Crippen LogP contribution in [0.25, 0.3) is 0 Å². The zero-order valence-corrected chi connectivity index (χ0v) is 12.6. The van der Waals surface area contributed by atoms with E-state index in [0.29, 0.717) is 12.2 Å². The monoisotopic (exact) mass is 390 g/mol. The number of carbonyl (C=O) groups excluding carboxylic acids is 2. The van der Waals surface area contributed by atoms with Crippen LogP contribution in [0.2, 0.25) is 0 Å². The molecule has 0 heterocycles. The van der Waals surface area contributed by atoms with E-state index in [9.17, 15) is 45.4 Å². The van der Waals surface area contributed by atoms with E-state index in [0.717, 1.165) is 24.3 Å². The van der Waals surface area contributed by atoms with Crippen molar-refractivity contribution in [1.29, 1.82) is 0 Å². The van der Waals surface area contributed by atoms with Crippen LogP contribution in [0.4, 0.5) is 36.4 Å². The minimum Gasteiger partial charge on any atom is -0.545 e. The van der Waals surface area contributed by atoms with Crippen LogP contribution in [0, 0.1) is 0 Å². The minimum atomic E-state index is -6.43. The first kappa shape index (κ1) is 20.8. The summed E-state index contributed by atoms with van der Waals surface area (Å²) in [5, 5.41) is 6.74. The number of carbonyl (C=O) groups is 2. The molecule has 0 fully saturated rings. The summed E-state index contributed by atoms with van der Waals surface area (Å²) >= 11 is -0.995. The Balaban J connectivity index is 2.83. The number of aliphatic carboxylic acids is 1. The Labute approximate surface area is 139 Å². The molecule has 25 heavy (non-hydrogen) atoms. The average Bonchev–Trinajstić information content (AvgIpc) is 2.45.